The molecule has 0 amide bonds. The van der Waals surface area contributed by atoms with Gasteiger partial charge in [0.15, 0.2) is 11.6 Å². The molecule has 0 saturated carbocycles. The molecule has 0 heterocycles. The molecule has 0 spiro atoms. The number of ketones is 2. The van der Waals surface area contributed by atoms with E-state index < -0.39 is 17.9 Å². The van der Waals surface area contributed by atoms with Gasteiger partial charge in [-0.1, -0.05) is 26.0 Å². The molecule has 0 aromatic heterocycles. The zero-order chi connectivity index (χ0) is 19.7. The molecular weight excluding hydrogens is 336 g/mol. The van der Waals surface area contributed by atoms with Gasteiger partial charge in [-0.25, -0.2) is 0 Å². The molecule has 1 unspecified atom stereocenters. The van der Waals surface area contributed by atoms with Crippen LogP contribution in [0.25, 0.3) is 0 Å². The van der Waals surface area contributed by atoms with Crippen LogP contribution in [-0.4, -0.2) is 36.7 Å². The van der Waals surface area contributed by atoms with Crippen molar-refractivity contribution in [3.05, 3.63) is 34.9 Å². The second-order valence-corrected chi connectivity index (χ2v) is 5.67. The van der Waals surface area contributed by atoms with E-state index in [1.54, 1.807) is 39.8 Å². The number of carbonyl (C=O) groups excluding carboxylic acids is 4. The van der Waals surface area contributed by atoms with Crippen molar-refractivity contribution >= 4 is 23.5 Å². The fourth-order valence-electron chi connectivity index (χ4n) is 2.60. The molecule has 0 fully saturated rings. The van der Waals surface area contributed by atoms with E-state index in [1.807, 2.05) is 0 Å². The van der Waals surface area contributed by atoms with Gasteiger partial charge in [-0.05, 0) is 25.5 Å². The van der Waals surface area contributed by atoms with Crippen LogP contribution in [0.3, 0.4) is 0 Å². The van der Waals surface area contributed by atoms with Gasteiger partial charge in [0.2, 0.25) is 0 Å². The number of benzene rings is 1. The summed E-state index contributed by atoms with van der Waals surface area (Å²) in [5, 5.41) is 0. The normalized spacial score (nSPS) is 11.5. The molecule has 6 nitrogen and oxygen atoms in total. The number of ether oxygens (including phenoxy) is 2. The molecule has 1 aromatic rings. The third kappa shape index (κ3) is 5.51. The first-order chi connectivity index (χ1) is 12.4. The van der Waals surface area contributed by atoms with E-state index in [-0.39, 0.29) is 49.6 Å². The molecule has 0 aliphatic carbocycles. The molecule has 0 aliphatic rings. The molecule has 0 saturated heterocycles. The van der Waals surface area contributed by atoms with Gasteiger partial charge in [0.05, 0.1) is 25.6 Å². The SMILES string of the molecule is CCOC(=O)CC(C(=O)OCC)c1ccc(C(=O)CC)c(C(=O)CC)c1. The van der Waals surface area contributed by atoms with Gasteiger partial charge in [-0.3, -0.25) is 19.2 Å². The maximum atomic E-state index is 12.3. The summed E-state index contributed by atoms with van der Waals surface area (Å²) in [5.74, 6) is -2.32. The van der Waals surface area contributed by atoms with Gasteiger partial charge < -0.3 is 9.47 Å². The van der Waals surface area contributed by atoms with Crippen molar-refractivity contribution in [3.63, 3.8) is 0 Å². The highest BCUT2D eigenvalue weighted by Gasteiger charge is 2.28. The molecule has 26 heavy (non-hydrogen) atoms. The Kier molecular flexibility index (Phi) is 8.68. The van der Waals surface area contributed by atoms with Crippen LogP contribution in [0.5, 0.6) is 0 Å². The van der Waals surface area contributed by atoms with Gasteiger partial charge in [-0.2, -0.15) is 0 Å². The van der Waals surface area contributed by atoms with Crippen LogP contribution in [0, 0.1) is 0 Å². The van der Waals surface area contributed by atoms with Crippen molar-refractivity contribution in [1.82, 2.24) is 0 Å². The summed E-state index contributed by atoms with van der Waals surface area (Å²) in [6.07, 6.45) is 0.316. The van der Waals surface area contributed by atoms with Crippen molar-refractivity contribution in [2.75, 3.05) is 13.2 Å². The molecule has 0 aliphatic heterocycles. The fraction of sp³-hybridized carbons (Fsp3) is 0.500. The number of esters is 2. The Morgan fingerprint density at radius 2 is 1.42 bits per heavy atom. The Bertz CT molecular complexity index is 677. The van der Waals surface area contributed by atoms with E-state index in [9.17, 15) is 19.2 Å². The number of hydrogen-bond donors (Lipinski definition) is 0. The van der Waals surface area contributed by atoms with Gasteiger partial charge in [0, 0.05) is 24.0 Å². The van der Waals surface area contributed by atoms with Crippen LogP contribution < -0.4 is 0 Å². The zero-order valence-corrected chi connectivity index (χ0v) is 15.8. The van der Waals surface area contributed by atoms with Crippen LogP contribution in [-0.2, 0) is 19.1 Å². The van der Waals surface area contributed by atoms with Gasteiger partial charge in [-0.15, -0.1) is 0 Å². The Hall–Kier alpha value is -2.50. The van der Waals surface area contributed by atoms with Crippen molar-refractivity contribution in [3.8, 4) is 0 Å². The fourth-order valence-corrected chi connectivity index (χ4v) is 2.60. The van der Waals surface area contributed by atoms with Crippen LogP contribution in [0.4, 0.5) is 0 Å². The van der Waals surface area contributed by atoms with Crippen LogP contribution in [0.1, 0.15) is 79.2 Å². The Morgan fingerprint density at radius 3 is 1.96 bits per heavy atom. The van der Waals surface area contributed by atoms with Gasteiger partial charge in [0.1, 0.15) is 0 Å². The van der Waals surface area contributed by atoms with E-state index in [4.69, 9.17) is 9.47 Å². The lowest BCUT2D eigenvalue weighted by molar-refractivity contribution is -0.151. The molecule has 1 aromatic carbocycles. The smallest absolute Gasteiger partial charge is 0.313 e. The molecule has 0 radical (unpaired) electrons. The lowest BCUT2D eigenvalue weighted by atomic mass is 9.89. The Balaban J connectivity index is 3.36. The highest BCUT2D eigenvalue weighted by atomic mass is 16.5. The number of hydrogen-bond acceptors (Lipinski definition) is 6. The predicted octanol–water partition coefficient (Wildman–Crippen LogP) is 3.47. The first-order valence-corrected chi connectivity index (χ1v) is 8.91. The molecular formula is C20H26O6. The summed E-state index contributed by atoms with van der Waals surface area (Å²) in [5.41, 5.74) is 1.07. The third-order valence-corrected chi connectivity index (χ3v) is 3.94. The maximum Gasteiger partial charge on any atom is 0.313 e. The predicted molar refractivity (Wildman–Crippen MR) is 96.3 cm³/mol. The Labute approximate surface area is 153 Å². The first kappa shape index (κ1) is 21.5. The summed E-state index contributed by atoms with van der Waals surface area (Å²) in [6, 6.07) is 4.66. The average Bonchev–Trinajstić information content (AvgIpc) is 2.64. The van der Waals surface area contributed by atoms with Crippen LogP contribution in [0.15, 0.2) is 18.2 Å². The molecule has 1 atom stereocenters. The molecule has 6 heteroatoms. The standard InChI is InChI=1S/C20H26O6/c1-5-17(21)14-10-9-13(11-16(14)18(22)6-2)15(20(24)26-8-4)12-19(23)25-7-3/h9-11,15H,5-8,12H2,1-4H3. The lowest BCUT2D eigenvalue weighted by Crippen LogP contribution is -2.21. The van der Waals surface area contributed by atoms with Crippen LogP contribution >= 0.6 is 0 Å². The van der Waals surface area contributed by atoms with E-state index in [0.717, 1.165) is 0 Å². The highest BCUT2D eigenvalue weighted by molar-refractivity contribution is 6.09. The van der Waals surface area contributed by atoms with E-state index in [0.29, 0.717) is 11.1 Å². The summed E-state index contributed by atoms with van der Waals surface area (Å²) < 4.78 is 10.00. The average molecular weight is 362 g/mol. The number of Topliss-reactive ketones (excluding diaryl/α,β-unsaturated/α-hetero) is 2. The lowest BCUT2D eigenvalue weighted by Gasteiger charge is -2.17. The molecule has 0 N–H and O–H groups in total. The molecule has 1 rings (SSSR count). The first-order valence-electron chi connectivity index (χ1n) is 8.91. The van der Waals surface area contributed by atoms with Gasteiger partial charge >= 0.3 is 11.9 Å². The maximum absolute atomic E-state index is 12.3. The largest absolute Gasteiger partial charge is 0.466 e. The minimum Gasteiger partial charge on any atom is -0.466 e. The van der Waals surface area contributed by atoms with E-state index in [2.05, 4.69) is 0 Å². The van der Waals surface area contributed by atoms with E-state index in [1.165, 1.54) is 6.07 Å². The van der Waals surface area contributed by atoms with Crippen molar-refractivity contribution in [2.45, 2.75) is 52.9 Å². The summed E-state index contributed by atoms with van der Waals surface area (Å²) >= 11 is 0. The summed E-state index contributed by atoms with van der Waals surface area (Å²) in [4.78, 5) is 48.6. The summed E-state index contributed by atoms with van der Waals surface area (Å²) in [7, 11) is 0. The molecule has 142 valence electrons. The topological polar surface area (TPSA) is 86.7 Å². The number of rotatable bonds is 10. The van der Waals surface area contributed by atoms with E-state index >= 15 is 0 Å². The Morgan fingerprint density at radius 1 is 0.846 bits per heavy atom. The third-order valence-electron chi connectivity index (χ3n) is 3.94. The second kappa shape index (κ2) is 10.5. The monoisotopic (exact) mass is 362 g/mol. The second-order valence-electron chi connectivity index (χ2n) is 5.67. The quantitative estimate of drug-likeness (QED) is 0.468. The zero-order valence-electron chi connectivity index (χ0n) is 15.8. The molecule has 0 bridgehead atoms. The summed E-state index contributed by atoms with van der Waals surface area (Å²) in [6.45, 7) is 7.16. The van der Waals surface area contributed by atoms with Crippen LogP contribution in [0.2, 0.25) is 0 Å². The minimum atomic E-state index is -0.886. The van der Waals surface area contributed by atoms with Crippen molar-refractivity contribution in [1.29, 1.82) is 0 Å². The van der Waals surface area contributed by atoms with Gasteiger partial charge in [0.25, 0.3) is 0 Å². The number of carbonyl (C=O) groups is 4. The van der Waals surface area contributed by atoms with Crippen molar-refractivity contribution < 1.29 is 28.7 Å². The minimum absolute atomic E-state index is 0.147. The highest BCUT2D eigenvalue weighted by Crippen LogP contribution is 2.26. The van der Waals surface area contributed by atoms with Crippen molar-refractivity contribution in [2.24, 2.45) is 0 Å².